The van der Waals surface area contributed by atoms with Gasteiger partial charge in [0.05, 0.1) is 26.4 Å². The van der Waals surface area contributed by atoms with Crippen LogP contribution in [0.5, 0.6) is 0 Å². The Bertz CT molecular complexity index is 1830. The van der Waals surface area contributed by atoms with Crippen LogP contribution in [0.25, 0.3) is 0 Å². The van der Waals surface area contributed by atoms with Gasteiger partial charge >= 0.3 is 39.5 Å². The van der Waals surface area contributed by atoms with Crippen LogP contribution < -0.4 is 0 Å². The van der Waals surface area contributed by atoms with Crippen molar-refractivity contribution >= 4 is 39.5 Å². The average molecular weight is 1410 g/mol. The predicted octanol–water partition coefficient (Wildman–Crippen LogP) is 23.0. The Labute approximate surface area is 588 Å². The molecule has 0 aromatic rings. The van der Waals surface area contributed by atoms with Gasteiger partial charge in [0.2, 0.25) is 0 Å². The van der Waals surface area contributed by atoms with Gasteiger partial charge in [-0.3, -0.25) is 37.3 Å². The molecule has 0 aromatic carbocycles. The number of phosphoric acid groups is 2. The summed E-state index contributed by atoms with van der Waals surface area (Å²) in [5, 5.41) is 10.6. The maximum Gasteiger partial charge on any atom is 0.472 e. The minimum absolute atomic E-state index is 0.108. The summed E-state index contributed by atoms with van der Waals surface area (Å²) < 4.78 is 68.6. The molecule has 570 valence electrons. The number of carbonyl (C=O) groups excluding carboxylic acids is 4. The molecule has 0 radical (unpaired) electrons. The first-order valence-corrected chi connectivity index (χ1v) is 43.3. The molecule has 96 heavy (non-hydrogen) atoms. The molecule has 0 aliphatic carbocycles. The highest BCUT2D eigenvalue weighted by Crippen LogP contribution is 2.45. The van der Waals surface area contributed by atoms with E-state index >= 15 is 0 Å². The van der Waals surface area contributed by atoms with E-state index in [0.29, 0.717) is 25.7 Å². The zero-order chi connectivity index (χ0) is 70.4. The van der Waals surface area contributed by atoms with E-state index < -0.39 is 97.5 Å². The Morgan fingerprint density at radius 3 is 0.615 bits per heavy atom. The summed E-state index contributed by atoms with van der Waals surface area (Å²) in [6.07, 6.45) is 62.3. The molecular weight excluding hydrogens is 1260 g/mol. The van der Waals surface area contributed by atoms with Gasteiger partial charge in [0.15, 0.2) is 12.2 Å². The third-order valence-corrected chi connectivity index (χ3v) is 20.0. The second-order valence-corrected chi connectivity index (χ2v) is 30.7. The predicted molar refractivity (Wildman–Crippen MR) is 391 cm³/mol. The number of hydrogen-bond acceptors (Lipinski definition) is 15. The van der Waals surface area contributed by atoms with E-state index in [-0.39, 0.29) is 25.7 Å². The SMILES string of the molecule is CCCCCCCCCCCCCCCCCCCCC(=O)O[C@H](COC(=O)CCCCCCCCCCCCCCCCC)COP(=O)(O)OC[C@@H](O)COP(=O)(O)OC[C@@H](COC(=O)CCCCCCCCCCC)OC(=O)CCCCCCCCCCCCCCCC. The second kappa shape index (κ2) is 71.5. The molecule has 0 aromatic heterocycles. The van der Waals surface area contributed by atoms with Gasteiger partial charge in [-0.2, -0.15) is 0 Å². The van der Waals surface area contributed by atoms with Gasteiger partial charge in [0, 0.05) is 25.7 Å². The molecule has 2 unspecified atom stereocenters. The van der Waals surface area contributed by atoms with Crippen molar-refractivity contribution in [1.29, 1.82) is 0 Å². The van der Waals surface area contributed by atoms with Crippen LogP contribution in [-0.2, 0) is 65.4 Å². The van der Waals surface area contributed by atoms with E-state index in [2.05, 4.69) is 27.7 Å². The number of hydrogen-bond donors (Lipinski definition) is 3. The summed E-state index contributed by atoms with van der Waals surface area (Å²) in [5.74, 6) is -2.11. The van der Waals surface area contributed by atoms with Crippen molar-refractivity contribution in [3.63, 3.8) is 0 Å². The summed E-state index contributed by atoms with van der Waals surface area (Å²) in [7, 11) is -9.91. The van der Waals surface area contributed by atoms with Gasteiger partial charge in [0.1, 0.15) is 19.3 Å². The van der Waals surface area contributed by atoms with E-state index in [9.17, 15) is 43.2 Å². The fraction of sp³-hybridized carbons (Fsp3) is 0.948. The van der Waals surface area contributed by atoms with Crippen molar-refractivity contribution in [3.8, 4) is 0 Å². The molecule has 0 bridgehead atoms. The number of esters is 4. The monoisotopic (exact) mass is 1410 g/mol. The van der Waals surface area contributed by atoms with Crippen molar-refractivity contribution in [2.75, 3.05) is 39.6 Å². The molecule has 0 aliphatic rings. The van der Waals surface area contributed by atoms with Crippen molar-refractivity contribution < 1.29 is 80.2 Å². The standard InChI is InChI=1S/C77H150O17P2/c1-5-9-13-17-21-25-28-31-34-35-36-38-41-44-48-52-56-60-64-77(82)94-73(68-88-75(80)62-58-54-50-46-42-40-37-32-29-26-22-18-14-10-6-2)70-92-96(85,86)90-66-71(78)65-89-95(83,84)91-69-72(67-87-74(79)61-57-53-49-45-24-20-16-12-8-4)93-76(81)63-59-55-51-47-43-39-33-30-27-23-19-15-11-7-3/h71-73,78H,5-70H2,1-4H3,(H,83,84)(H,85,86)/t71-,72+,73+/m0/s1. The maximum absolute atomic E-state index is 13.1. The van der Waals surface area contributed by atoms with Crippen molar-refractivity contribution in [2.45, 2.75) is 431 Å². The number of phosphoric ester groups is 2. The molecule has 0 heterocycles. The van der Waals surface area contributed by atoms with Crippen molar-refractivity contribution in [3.05, 3.63) is 0 Å². The van der Waals surface area contributed by atoms with Crippen LogP contribution in [0.2, 0.25) is 0 Å². The lowest BCUT2D eigenvalue weighted by Gasteiger charge is -2.21. The van der Waals surface area contributed by atoms with Crippen molar-refractivity contribution in [2.24, 2.45) is 0 Å². The Morgan fingerprint density at radius 2 is 0.417 bits per heavy atom. The third-order valence-electron chi connectivity index (χ3n) is 18.1. The topological polar surface area (TPSA) is 237 Å². The van der Waals surface area contributed by atoms with E-state index in [1.807, 2.05) is 0 Å². The minimum atomic E-state index is -4.96. The molecular formula is C77H150O17P2. The van der Waals surface area contributed by atoms with Crippen LogP contribution in [0.3, 0.4) is 0 Å². The van der Waals surface area contributed by atoms with Crippen LogP contribution in [-0.4, -0.2) is 96.7 Å². The second-order valence-electron chi connectivity index (χ2n) is 27.7. The normalized spacial score (nSPS) is 13.9. The van der Waals surface area contributed by atoms with E-state index in [4.69, 9.17) is 37.0 Å². The largest absolute Gasteiger partial charge is 0.472 e. The molecule has 5 atom stereocenters. The number of ether oxygens (including phenoxy) is 4. The molecule has 17 nitrogen and oxygen atoms in total. The minimum Gasteiger partial charge on any atom is -0.462 e. The smallest absolute Gasteiger partial charge is 0.462 e. The fourth-order valence-corrected chi connectivity index (χ4v) is 13.5. The lowest BCUT2D eigenvalue weighted by molar-refractivity contribution is -0.161. The molecule has 0 spiro atoms. The average Bonchev–Trinajstić information content (AvgIpc) is 1.41. The van der Waals surface area contributed by atoms with E-state index in [0.717, 1.165) is 89.9 Å². The summed E-state index contributed by atoms with van der Waals surface area (Å²) in [6, 6.07) is 0. The summed E-state index contributed by atoms with van der Waals surface area (Å²) in [6.45, 7) is 4.99. The first-order chi connectivity index (χ1) is 46.7. The first kappa shape index (κ1) is 94.1. The summed E-state index contributed by atoms with van der Waals surface area (Å²) >= 11 is 0. The van der Waals surface area contributed by atoms with Crippen LogP contribution in [0, 0.1) is 0 Å². The molecule has 0 saturated carbocycles. The Hall–Kier alpha value is -1.94. The summed E-state index contributed by atoms with van der Waals surface area (Å²) in [5.41, 5.74) is 0. The molecule has 3 N–H and O–H groups in total. The number of aliphatic hydroxyl groups is 1. The molecule has 0 fully saturated rings. The van der Waals surface area contributed by atoms with Crippen molar-refractivity contribution in [1.82, 2.24) is 0 Å². The molecule has 0 saturated heterocycles. The van der Waals surface area contributed by atoms with Gasteiger partial charge in [0.25, 0.3) is 0 Å². The number of unbranched alkanes of at least 4 members (excludes halogenated alkanes) is 52. The van der Waals surface area contributed by atoms with Gasteiger partial charge in [-0.1, -0.05) is 362 Å². The number of carbonyl (C=O) groups is 4. The van der Waals surface area contributed by atoms with Crippen LogP contribution in [0.1, 0.15) is 413 Å². The maximum atomic E-state index is 13.1. The Morgan fingerprint density at radius 1 is 0.250 bits per heavy atom. The number of aliphatic hydroxyl groups excluding tert-OH is 1. The van der Waals surface area contributed by atoms with Gasteiger partial charge < -0.3 is 33.8 Å². The fourth-order valence-electron chi connectivity index (χ4n) is 11.9. The lowest BCUT2D eigenvalue weighted by atomic mass is 10.0. The lowest BCUT2D eigenvalue weighted by Crippen LogP contribution is -2.30. The van der Waals surface area contributed by atoms with Crippen LogP contribution in [0.15, 0.2) is 0 Å². The van der Waals surface area contributed by atoms with Crippen LogP contribution in [0.4, 0.5) is 0 Å². The molecule has 0 aliphatic heterocycles. The van der Waals surface area contributed by atoms with Crippen LogP contribution >= 0.6 is 15.6 Å². The highest BCUT2D eigenvalue weighted by molar-refractivity contribution is 7.47. The summed E-state index contributed by atoms with van der Waals surface area (Å²) in [4.78, 5) is 72.8. The van der Waals surface area contributed by atoms with Gasteiger partial charge in [-0.25, -0.2) is 9.13 Å². The van der Waals surface area contributed by atoms with Gasteiger partial charge in [-0.05, 0) is 25.7 Å². The third kappa shape index (κ3) is 70.5. The Kier molecular flexibility index (Phi) is 70.0. The molecule has 0 rings (SSSR count). The molecule has 0 amide bonds. The van der Waals surface area contributed by atoms with E-state index in [1.165, 1.54) is 244 Å². The van der Waals surface area contributed by atoms with Gasteiger partial charge in [-0.15, -0.1) is 0 Å². The zero-order valence-corrected chi connectivity index (χ0v) is 64.1. The highest BCUT2D eigenvalue weighted by Gasteiger charge is 2.30. The van der Waals surface area contributed by atoms with E-state index in [1.54, 1.807) is 0 Å². The highest BCUT2D eigenvalue weighted by atomic mass is 31.2. The zero-order valence-electron chi connectivity index (χ0n) is 62.4. The first-order valence-electron chi connectivity index (χ1n) is 40.3. The Balaban J connectivity index is 5.22. The molecule has 19 heteroatoms. The quantitative estimate of drug-likeness (QED) is 0.0222. The number of rotatable bonds is 78.